The fourth-order valence-electron chi connectivity index (χ4n) is 2.21. The Morgan fingerprint density at radius 2 is 2.33 bits per heavy atom. The zero-order valence-corrected chi connectivity index (χ0v) is 10.1. The minimum absolute atomic E-state index is 0.0361. The highest BCUT2D eigenvalue weighted by Gasteiger charge is 2.36. The lowest BCUT2D eigenvalue weighted by atomic mass is 9.90. The zero-order valence-electron chi connectivity index (χ0n) is 9.30. The molecular weight excluding hydrogens is 206 g/mol. The van der Waals surface area contributed by atoms with Crippen molar-refractivity contribution < 1.29 is 4.79 Å². The molecule has 0 spiro atoms. The van der Waals surface area contributed by atoms with Gasteiger partial charge in [0.25, 0.3) is 0 Å². The minimum atomic E-state index is 0.0361. The van der Waals surface area contributed by atoms with Crippen molar-refractivity contribution >= 4 is 17.2 Å². The summed E-state index contributed by atoms with van der Waals surface area (Å²) < 4.78 is 0. The van der Waals surface area contributed by atoms with E-state index in [2.05, 4.69) is 31.3 Å². The third kappa shape index (κ3) is 2.23. The molecule has 0 saturated carbocycles. The summed E-state index contributed by atoms with van der Waals surface area (Å²) >= 11 is 1.84. The monoisotopic (exact) mass is 223 g/mol. The molecule has 1 unspecified atom stereocenters. The standard InChI is InChI=1S/C12H17NOS/c1-3-12(7-6-11(14)13-12)8-10-5-4-9(2)15-10/h4-5H,3,6-8H2,1-2H3,(H,13,14). The van der Waals surface area contributed by atoms with E-state index in [4.69, 9.17) is 0 Å². The first-order valence-corrected chi connectivity index (χ1v) is 6.31. The molecule has 1 aromatic rings. The predicted molar refractivity (Wildman–Crippen MR) is 63.2 cm³/mol. The largest absolute Gasteiger partial charge is 0.350 e. The van der Waals surface area contributed by atoms with Crippen LogP contribution >= 0.6 is 11.3 Å². The van der Waals surface area contributed by atoms with Crippen molar-refractivity contribution in [2.75, 3.05) is 0 Å². The number of nitrogens with one attached hydrogen (secondary N) is 1. The van der Waals surface area contributed by atoms with Crippen LogP contribution in [0.25, 0.3) is 0 Å². The molecule has 2 rings (SSSR count). The summed E-state index contributed by atoms with van der Waals surface area (Å²) in [4.78, 5) is 14.0. The van der Waals surface area contributed by atoms with Crippen LogP contribution in [-0.4, -0.2) is 11.4 Å². The van der Waals surface area contributed by atoms with E-state index >= 15 is 0 Å². The molecule has 2 nitrogen and oxygen atoms in total. The molecule has 0 aromatic carbocycles. The lowest BCUT2D eigenvalue weighted by molar-refractivity contribution is -0.119. The smallest absolute Gasteiger partial charge is 0.220 e. The van der Waals surface area contributed by atoms with Crippen molar-refractivity contribution in [1.29, 1.82) is 0 Å². The quantitative estimate of drug-likeness (QED) is 0.838. The van der Waals surface area contributed by atoms with Gasteiger partial charge in [-0.2, -0.15) is 0 Å². The van der Waals surface area contributed by atoms with Gasteiger partial charge in [0.05, 0.1) is 0 Å². The van der Waals surface area contributed by atoms with Crippen LogP contribution in [0.15, 0.2) is 12.1 Å². The molecule has 1 atom stereocenters. The van der Waals surface area contributed by atoms with Crippen molar-refractivity contribution in [2.24, 2.45) is 0 Å². The van der Waals surface area contributed by atoms with Gasteiger partial charge in [-0.25, -0.2) is 0 Å². The SMILES string of the molecule is CCC1(Cc2ccc(C)s2)CCC(=O)N1. The summed E-state index contributed by atoms with van der Waals surface area (Å²) in [5, 5.41) is 3.14. The van der Waals surface area contributed by atoms with Crippen molar-refractivity contribution in [3.63, 3.8) is 0 Å². The van der Waals surface area contributed by atoms with Crippen molar-refractivity contribution in [2.45, 2.75) is 45.1 Å². The van der Waals surface area contributed by atoms with Gasteiger partial charge in [0.2, 0.25) is 5.91 Å². The van der Waals surface area contributed by atoms with Crippen molar-refractivity contribution in [3.8, 4) is 0 Å². The van der Waals surface area contributed by atoms with Gasteiger partial charge < -0.3 is 5.32 Å². The van der Waals surface area contributed by atoms with Gasteiger partial charge >= 0.3 is 0 Å². The molecule has 1 amide bonds. The number of carbonyl (C=O) groups excluding carboxylic acids is 1. The second kappa shape index (κ2) is 3.97. The van der Waals surface area contributed by atoms with Crippen LogP contribution in [0.2, 0.25) is 0 Å². The van der Waals surface area contributed by atoms with Crippen LogP contribution in [0, 0.1) is 6.92 Å². The van der Waals surface area contributed by atoms with E-state index < -0.39 is 0 Å². The maximum absolute atomic E-state index is 11.3. The highest BCUT2D eigenvalue weighted by Crippen LogP contribution is 2.30. The fourth-order valence-corrected chi connectivity index (χ4v) is 3.24. The van der Waals surface area contributed by atoms with E-state index in [1.165, 1.54) is 9.75 Å². The number of amides is 1. The Balaban J connectivity index is 2.11. The molecule has 15 heavy (non-hydrogen) atoms. The normalized spacial score (nSPS) is 25.6. The van der Waals surface area contributed by atoms with Gasteiger partial charge in [-0.3, -0.25) is 4.79 Å². The van der Waals surface area contributed by atoms with Crippen LogP contribution < -0.4 is 5.32 Å². The zero-order chi connectivity index (χ0) is 10.9. The Morgan fingerprint density at radius 3 is 2.80 bits per heavy atom. The molecule has 1 aliphatic rings. The van der Waals surface area contributed by atoms with Gasteiger partial charge in [0.1, 0.15) is 0 Å². The summed E-state index contributed by atoms with van der Waals surface area (Å²) in [6, 6.07) is 4.34. The topological polar surface area (TPSA) is 29.1 Å². The second-order valence-electron chi connectivity index (χ2n) is 4.37. The van der Waals surface area contributed by atoms with E-state index in [9.17, 15) is 4.79 Å². The molecule has 0 aliphatic carbocycles. The number of thiophene rings is 1. The maximum Gasteiger partial charge on any atom is 0.220 e. The lowest BCUT2D eigenvalue weighted by Gasteiger charge is -2.27. The first-order chi connectivity index (χ1) is 7.13. The molecule has 82 valence electrons. The van der Waals surface area contributed by atoms with E-state index in [1.807, 2.05) is 11.3 Å². The molecule has 0 radical (unpaired) electrons. The fraction of sp³-hybridized carbons (Fsp3) is 0.583. The first kappa shape index (κ1) is 10.7. The second-order valence-corrected chi connectivity index (χ2v) is 5.74. The van der Waals surface area contributed by atoms with Crippen LogP contribution in [0.3, 0.4) is 0 Å². The average molecular weight is 223 g/mol. The lowest BCUT2D eigenvalue weighted by Crippen LogP contribution is -2.42. The molecular formula is C12H17NOS. The highest BCUT2D eigenvalue weighted by atomic mass is 32.1. The number of carbonyl (C=O) groups is 1. The summed E-state index contributed by atoms with van der Waals surface area (Å²) in [5.41, 5.74) is 0.0361. The summed E-state index contributed by atoms with van der Waals surface area (Å²) in [6.45, 7) is 4.28. The maximum atomic E-state index is 11.3. The van der Waals surface area contributed by atoms with E-state index in [-0.39, 0.29) is 11.4 Å². The van der Waals surface area contributed by atoms with E-state index in [1.54, 1.807) is 0 Å². The molecule has 1 aliphatic heterocycles. The highest BCUT2D eigenvalue weighted by molar-refractivity contribution is 7.11. The Hall–Kier alpha value is -0.830. The Bertz CT molecular complexity index is 371. The Kier molecular flexibility index (Phi) is 2.83. The van der Waals surface area contributed by atoms with Crippen LogP contribution in [-0.2, 0) is 11.2 Å². The van der Waals surface area contributed by atoms with Gasteiger partial charge in [-0.15, -0.1) is 11.3 Å². The van der Waals surface area contributed by atoms with Crippen molar-refractivity contribution in [3.05, 3.63) is 21.9 Å². The number of rotatable bonds is 3. The van der Waals surface area contributed by atoms with Crippen LogP contribution in [0.4, 0.5) is 0 Å². The minimum Gasteiger partial charge on any atom is -0.350 e. The van der Waals surface area contributed by atoms with E-state index in [0.717, 1.165) is 19.3 Å². The molecule has 3 heteroatoms. The van der Waals surface area contributed by atoms with Crippen LogP contribution in [0.5, 0.6) is 0 Å². The predicted octanol–water partition coefficient (Wildman–Crippen LogP) is 2.66. The average Bonchev–Trinajstić information content (AvgIpc) is 2.75. The molecule has 1 fully saturated rings. The van der Waals surface area contributed by atoms with Gasteiger partial charge in [-0.1, -0.05) is 6.92 Å². The molecule has 1 N–H and O–H groups in total. The molecule has 1 aromatic heterocycles. The van der Waals surface area contributed by atoms with Crippen LogP contribution in [0.1, 0.15) is 35.9 Å². The number of hydrogen-bond acceptors (Lipinski definition) is 2. The Morgan fingerprint density at radius 1 is 1.53 bits per heavy atom. The van der Waals surface area contributed by atoms with E-state index in [0.29, 0.717) is 6.42 Å². The molecule has 1 saturated heterocycles. The summed E-state index contributed by atoms with van der Waals surface area (Å²) in [7, 11) is 0. The third-order valence-corrected chi connectivity index (χ3v) is 4.22. The summed E-state index contributed by atoms with van der Waals surface area (Å²) in [6.07, 6.45) is 3.70. The number of hydrogen-bond donors (Lipinski definition) is 1. The first-order valence-electron chi connectivity index (χ1n) is 5.50. The Labute approximate surface area is 94.7 Å². The number of aryl methyl sites for hydroxylation is 1. The van der Waals surface area contributed by atoms with Gasteiger partial charge in [-0.05, 0) is 31.9 Å². The molecule has 0 bridgehead atoms. The van der Waals surface area contributed by atoms with Gasteiger partial charge in [0.15, 0.2) is 0 Å². The van der Waals surface area contributed by atoms with Crippen molar-refractivity contribution in [1.82, 2.24) is 5.32 Å². The summed E-state index contributed by atoms with van der Waals surface area (Å²) in [5.74, 6) is 0.213. The van der Waals surface area contributed by atoms with Gasteiger partial charge in [0, 0.05) is 28.1 Å². The molecule has 2 heterocycles. The third-order valence-electron chi connectivity index (χ3n) is 3.22.